The topological polar surface area (TPSA) is 108 Å². The molecular formula is C27H25F2N5O4. The summed E-state index contributed by atoms with van der Waals surface area (Å²) in [5.74, 6) is -1.66. The van der Waals surface area contributed by atoms with Crippen molar-refractivity contribution in [3.05, 3.63) is 101 Å². The van der Waals surface area contributed by atoms with Gasteiger partial charge in [0, 0.05) is 26.2 Å². The zero-order valence-electron chi connectivity index (χ0n) is 21.1. The monoisotopic (exact) mass is 521 g/mol. The summed E-state index contributed by atoms with van der Waals surface area (Å²) in [6, 6.07) is 12.7. The Kier molecular flexibility index (Phi) is 7.75. The number of aromatic nitrogens is 4. The first-order valence-electron chi connectivity index (χ1n) is 11.6. The number of hydrogen-bond acceptors (Lipinski definition) is 7. The van der Waals surface area contributed by atoms with Gasteiger partial charge >= 0.3 is 5.97 Å². The van der Waals surface area contributed by atoms with Crippen molar-refractivity contribution in [2.45, 2.75) is 25.8 Å². The van der Waals surface area contributed by atoms with Gasteiger partial charge < -0.3 is 14.8 Å². The average Bonchev–Trinajstić information content (AvgIpc) is 3.27. The highest BCUT2D eigenvalue weighted by Crippen LogP contribution is 2.32. The van der Waals surface area contributed by atoms with Gasteiger partial charge in [0.25, 0.3) is 5.91 Å². The minimum Gasteiger partial charge on any atom is -0.493 e. The minimum absolute atomic E-state index is 0.102. The second kappa shape index (κ2) is 11.2. The molecule has 4 rings (SSSR count). The summed E-state index contributed by atoms with van der Waals surface area (Å²) < 4.78 is 39.2. The molecule has 11 heteroatoms. The number of carbonyl (C=O) groups is 2. The van der Waals surface area contributed by atoms with Gasteiger partial charge in [-0.05, 0) is 42.3 Å². The Hall–Kier alpha value is -4.67. The Morgan fingerprint density at radius 1 is 0.974 bits per heavy atom. The number of rotatable bonds is 8. The smallest absolute Gasteiger partial charge is 0.308 e. The van der Waals surface area contributed by atoms with Gasteiger partial charge in [-0.1, -0.05) is 24.3 Å². The number of benzene rings is 2. The van der Waals surface area contributed by atoms with E-state index in [9.17, 15) is 18.4 Å². The number of aryl methyl sites for hydroxylation is 1. The van der Waals surface area contributed by atoms with Gasteiger partial charge in [-0.15, -0.1) is 0 Å². The van der Waals surface area contributed by atoms with Crippen molar-refractivity contribution < 1.29 is 27.8 Å². The van der Waals surface area contributed by atoms with E-state index in [1.807, 2.05) is 0 Å². The van der Waals surface area contributed by atoms with Gasteiger partial charge in [-0.25, -0.2) is 18.7 Å². The molecule has 1 N–H and O–H groups in total. The molecule has 2 heterocycles. The molecule has 0 bridgehead atoms. The van der Waals surface area contributed by atoms with Gasteiger partial charge in [-0.2, -0.15) is 5.10 Å². The van der Waals surface area contributed by atoms with Crippen LogP contribution in [0, 0.1) is 11.6 Å². The lowest BCUT2D eigenvalue weighted by molar-refractivity contribution is -0.132. The van der Waals surface area contributed by atoms with Crippen LogP contribution in [0.5, 0.6) is 11.5 Å². The first-order chi connectivity index (χ1) is 18.2. The van der Waals surface area contributed by atoms with Gasteiger partial charge in [0.15, 0.2) is 17.3 Å². The third-order valence-electron chi connectivity index (χ3n) is 5.76. The maximum atomic E-state index is 13.6. The van der Waals surface area contributed by atoms with Crippen LogP contribution in [0.15, 0.2) is 60.8 Å². The molecule has 0 aliphatic heterocycles. The highest BCUT2D eigenvalue weighted by Gasteiger charge is 2.27. The fourth-order valence-electron chi connectivity index (χ4n) is 3.98. The van der Waals surface area contributed by atoms with Gasteiger partial charge in [0.1, 0.15) is 17.5 Å². The SMILES string of the molecule is COc1ccnc(C(=O)N[C@@H](C)c2nc(C(c3ccc(F)cc3)c3ccc(F)cc3)n(C)n2)c1OC(C)=O. The molecule has 9 nitrogen and oxygen atoms in total. The van der Waals surface area contributed by atoms with E-state index >= 15 is 0 Å². The molecule has 0 spiro atoms. The molecule has 196 valence electrons. The maximum absolute atomic E-state index is 13.6. The van der Waals surface area contributed by atoms with E-state index in [1.54, 1.807) is 42.9 Å². The second-order valence-corrected chi connectivity index (χ2v) is 8.47. The van der Waals surface area contributed by atoms with Crippen molar-refractivity contribution in [2.75, 3.05) is 7.11 Å². The van der Waals surface area contributed by atoms with Crippen LogP contribution in [-0.4, -0.2) is 38.7 Å². The van der Waals surface area contributed by atoms with Crippen molar-refractivity contribution in [2.24, 2.45) is 7.05 Å². The van der Waals surface area contributed by atoms with Crippen LogP contribution in [-0.2, 0) is 11.8 Å². The quantitative estimate of drug-likeness (QED) is 0.348. The largest absolute Gasteiger partial charge is 0.493 e. The van der Waals surface area contributed by atoms with Crippen LogP contribution >= 0.6 is 0 Å². The molecule has 0 unspecified atom stereocenters. The zero-order chi connectivity index (χ0) is 27.4. The van der Waals surface area contributed by atoms with Gasteiger partial charge in [0.2, 0.25) is 5.75 Å². The number of halogens is 2. The number of methoxy groups -OCH3 is 1. The van der Waals surface area contributed by atoms with Crippen LogP contribution in [0.3, 0.4) is 0 Å². The van der Waals surface area contributed by atoms with Crippen LogP contribution in [0.4, 0.5) is 8.78 Å². The number of nitrogens with one attached hydrogen (secondary N) is 1. The summed E-state index contributed by atoms with van der Waals surface area (Å²) in [7, 11) is 3.08. The second-order valence-electron chi connectivity index (χ2n) is 8.47. The van der Waals surface area contributed by atoms with E-state index in [0.29, 0.717) is 11.6 Å². The molecule has 1 amide bonds. The van der Waals surface area contributed by atoms with E-state index in [1.165, 1.54) is 50.6 Å². The van der Waals surface area contributed by atoms with Crippen LogP contribution in [0.2, 0.25) is 0 Å². The highest BCUT2D eigenvalue weighted by molar-refractivity contribution is 5.96. The first kappa shape index (κ1) is 26.4. The summed E-state index contributed by atoms with van der Waals surface area (Å²) in [4.78, 5) is 33.4. The molecule has 2 aromatic heterocycles. The Balaban J connectivity index is 1.66. The minimum atomic E-state index is -0.678. The van der Waals surface area contributed by atoms with E-state index in [2.05, 4.69) is 20.4 Å². The van der Waals surface area contributed by atoms with Crippen molar-refractivity contribution in [1.29, 1.82) is 0 Å². The number of esters is 1. The number of ether oxygens (including phenoxy) is 2. The summed E-state index contributed by atoms with van der Waals surface area (Å²) in [6.45, 7) is 2.89. The third kappa shape index (κ3) is 5.66. The summed E-state index contributed by atoms with van der Waals surface area (Å²) in [5, 5.41) is 7.25. The fraction of sp³-hybridized carbons (Fsp3) is 0.222. The predicted octanol–water partition coefficient (Wildman–Crippen LogP) is 4.09. The predicted molar refractivity (Wildman–Crippen MR) is 133 cm³/mol. The molecule has 1 atom stereocenters. The lowest BCUT2D eigenvalue weighted by Crippen LogP contribution is -2.29. The summed E-state index contributed by atoms with van der Waals surface area (Å²) >= 11 is 0. The molecule has 0 radical (unpaired) electrons. The van der Waals surface area contributed by atoms with E-state index in [4.69, 9.17) is 9.47 Å². The molecule has 38 heavy (non-hydrogen) atoms. The summed E-state index contributed by atoms with van der Waals surface area (Å²) in [6.07, 6.45) is 1.36. The molecule has 0 saturated heterocycles. The number of hydrogen-bond donors (Lipinski definition) is 1. The first-order valence-corrected chi connectivity index (χ1v) is 11.6. The molecular weight excluding hydrogens is 496 g/mol. The van der Waals surface area contributed by atoms with Crippen molar-refractivity contribution in [3.63, 3.8) is 0 Å². The average molecular weight is 522 g/mol. The Labute approximate surface area is 217 Å². The molecule has 0 saturated carbocycles. The van der Waals surface area contributed by atoms with E-state index in [0.717, 1.165) is 11.1 Å². The normalized spacial score (nSPS) is 11.8. The van der Waals surface area contributed by atoms with Crippen molar-refractivity contribution in [1.82, 2.24) is 25.1 Å². The molecule has 2 aromatic carbocycles. The van der Waals surface area contributed by atoms with Crippen molar-refractivity contribution >= 4 is 11.9 Å². The number of amides is 1. The van der Waals surface area contributed by atoms with Crippen LogP contribution < -0.4 is 14.8 Å². The molecule has 0 fully saturated rings. The highest BCUT2D eigenvalue weighted by atomic mass is 19.1. The number of nitrogens with zero attached hydrogens (tertiary/aromatic N) is 4. The molecule has 0 aliphatic rings. The zero-order valence-corrected chi connectivity index (χ0v) is 21.1. The van der Waals surface area contributed by atoms with Crippen LogP contribution in [0.25, 0.3) is 0 Å². The number of carbonyl (C=O) groups excluding carboxylic acids is 2. The van der Waals surface area contributed by atoms with Crippen LogP contribution in [0.1, 0.15) is 59.1 Å². The number of pyridine rings is 1. The van der Waals surface area contributed by atoms with Gasteiger partial charge in [-0.3, -0.25) is 14.3 Å². The van der Waals surface area contributed by atoms with Gasteiger partial charge in [0.05, 0.1) is 19.1 Å². The maximum Gasteiger partial charge on any atom is 0.308 e. The van der Waals surface area contributed by atoms with E-state index < -0.39 is 23.8 Å². The summed E-state index contributed by atoms with van der Waals surface area (Å²) in [5.41, 5.74) is 1.31. The lowest BCUT2D eigenvalue weighted by Gasteiger charge is -2.17. The van der Waals surface area contributed by atoms with E-state index in [-0.39, 0.29) is 28.8 Å². The third-order valence-corrected chi connectivity index (χ3v) is 5.76. The molecule has 4 aromatic rings. The Morgan fingerprint density at radius 3 is 2.08 bits per heavy atom. The Bertz CT molecular complexity index is 1410. The lowest BCUT2D eigenvalue weighted by atomic mass is 9.90. The molecule has 0 aliphatic carbocycles. The standard InChI is InChI=1S/C27H25F2N5O4/c1-15(31-27(36)23-24(38-16(2)35)21(37-4)13-14-30-23)25-32-26(34(3)33-25)22(17-5-9-19(28)10-6-17)18-7-11-20(29)12-8-18/h5-15,22H,1-4H3,(H,31,36)/t15-/m0/s1. The Morgan fingerprint density at radius 2 is 1.55 bits per heavy atom. The fourth-order valence-corrected chi connectivity index (χ4v) is 3.98. The van der Waals surface area contributed by atoms with Crippen molar-refractivity contribution in [3.8, 4) is 11.5 Å².